The Labute approximate surface area is 113 Å². The molecule has 0 saturated heterocycles. The maximum Gasteiger partial charge on any atom is 0.155 e. The second-order valence-electron chi connectivity index (χ2n) is 5.31. The SMILES string of the molecule is CCC(=O)/C=C(C)/C=C/CC(C)CCC=C(C)C. The van der Waals surface area contributed by atoms with Crippen LogP contribution in [0.15, 0.2) is 35.5 Å². The molecule has 0 bridgehead atoms. The van der Waals surface area contributed by atoms with E-state index >= 15 is 0 Å². The van der Waals surface area contributed by atoms with E-state index in [1.807, 2.05) is 13.8 Å². The Hall–Kier alpha value is -1.11. The normalized spacial score (nSPS) is 13.7. The molecule has 0 aromatic rings. The largest absolute Gasteiger partial charge is 0.295 e. The number of ketones is 1. The van der Waals surface area contributed by atoms with E-state index in [-0.39, 0.29) is 5.78 Å². The number of rotatable bonds is 8. The van der Waals surface area contributed by atoms with E-state index in [4.69, 9.17) is 0 Å². The van der Waals surface area contributed by atoms with E-state index < -0.39 is 0 Å². The molecule has 102 valence electrons. The third-order valence-corrected chi connectivity index (χ3v) is 2.87. The maximum atomic E-state index is 11.2. The topological polar surface area (TPSA) is 17.1 Å². The molecule has 1 heteroatoms. The molecule has 0 rings (SSSR count). The van der Waals surface area contributed by atoms with Gasteiger partial charge in [-0.2, -0.15) is 0 Å². The van der Waals surface area contributed by atoms with Crippen LogP contribution in [-0.2, 0) is 4.79 Å². The van der Waals surface area contributed by atoms with E-state index in [1.54, 1.807) is 6.08 Å². The van der Waals surface area contributed by atoms with Gasteiger partial charge in [-0.3, -0.25) is 4.79 Å². The van der Waals surface area contributed by atoms with Gasteiger partial charge in [-0.25, -0.2) is 0 Å². The molecule has 0 radical (unpaired) electrons. The van der Waals surface area contributed by atoms with Crippen LogP contribution in [0.3, 0.4) is 0 Å². The highest BCUT2D eigenvalue weighted by atomic mass is 16.1. The Morgan fingerprint density at radius 1 is 1.22 bits per heavy atom. The summed E-state index contributed by atoms with van der Waals surface area (Å²) in [6, 6.07) is 0. The molecule has 0 aromatic heterocycles. The number of carbonyl (C=O) groups excluding carboxylic acids is 1. The predicted octanol–water partition coefficient (Wildman–Crippen LogP) is 5.24. The molecule has 0 N–H and O–H groups in total. The van der Waals surface area contributed by atoms with E-state index in [2.05, 4.69) is 39.0 Å². The van der Waals surface area contributed by atoms with Crippen LogP contribution < -0.4 is 0 Å². The molecule has 18 heavy (non-hydrogen) atoms. The number of carbonyl (C=O) groups is 1. The highest BCUT2D eigenvalue weighted by Crippen LogP contribution is 2.13. The minimum Gasteiger partial charge on any atom is -0.295 e. The second-order valence-corrected chi connectivity index (χ2v) is 5.31. The summed E-state index contributed by atoms with van der Waals surface area (Å²) in [6.07, 6.45) is 12.3. The van der Waals surface area contributed by atoms with Crippen LogP contribution in [0.2, 0.25) is 0 Å². The summed E-state index contributed by atoms with van der Waals surface area (Å²) in [5.41, 5.74) is 2.45. The summed E-state index contributed by atoms with van der Waals surface area (Å²) in [6.45, 7) is 10.4. The van der Waals surface area contributed by atoms with Crippen molar-refractivity contribution in [2.75, 3.05) is 0 Å². The summed E-state index contributed by atoms with van der Waals surface area (Å²) in [7, 11) is 0. The highest BCUT2D eigenvalue weighted by molar-refractivity contribution is 5.90. The van der Waals surface area contributed by atoms with Crippen LogP contribution >= 0.6 is 0 Å². The second kappa shape index (κ2) is 9.87. The highest BCUT2D eigenvalue weighted by Gasteiger charge is 1.98. The van der Waals surface area contributed by atoms with Gasteiger partial charge in [-0.1, -0.05) is 37.6 Å². The molecule has 1 unspecified atom stereocenters. The number of hydrogen-bond acceptors (Lipinski definition) is 1. The molecule has 0 heterocycles. The zero-order valence-electron chi connectivity index (χ0n) is 12.6. The van der Waals surface area contributed by atoms with Crippen molar-refractivity contribution in [3.8, 4) is 0 Å². The third kappa shape index (κ3) is 10.1. The van der Waals surface area contributed by atoms with Gasteiger partial charge >= 0.3 is 0 Å². The Balaban J connectivity index is 3.97. The van der Waals surface area contributed by atoms with Crippen LogP contribution in [0.5, 0.6) is 0 Å². The van der Waals surface area contributed by atoms with Crippen molar-refractivity contribution in [1.29, 1.82) is 0 Å². The van der Waals surface area contributed by atoms with E-state index in [0.717, 1.165) is 12.0 Å². The standard InChI is InChI=1S/C17H28O/c1-6-17(18)13-16(5)12-8-11-15(4)10-7-9-14(2)3/h8-9,12-13,15H,6-7,10-11H2,1-5H3/b12-8+,16-13+. The van der Waals surface area contributed by atoms with Crippen molar-refractivity contribution in [2.24, 2.45) is 5.92 Å². The zero-order chi connectivity index (χ0) is 14.0. The van der Waals surface area contributed by atoms with E-state index in [0.29, 0.717) is 12.3 Å². The molecular formula is C17H28O. The predicted molar refractivity (Wildman–Crippen MR) is 80.6 cm³/mol. The first-order valence-electron chi connectivity index (χ1n) is 6.96. The Bertz CT molecular complexity index is 328. The smallest absolute Gasteiger partial charge is 0.155 e. The molecule has 0 saturated carbocycles. The summed E-state index contributed by atoms with van der Waals surface area (Å²) < 4.78 is 0. The minimum absolute atomic E-state index is 0.203. The van der Waals surface area contributed by atoms with Crippen LogP contribution in [0.25, 0.3) is 0 Å². The molecule has 0 aromatic carbocycles. The average molecular weight is 248 g/mol. The first-order valence-corrected chi connectivity index (χ1v) is 6.96. The van der Waals surface area contributed by atoms with Gasteiger partial charge in [0.15, 0.2) is 5.78 Å². The van der Waals surface area contributed by atoms with Crippen molar-refractivity contribution in [2.45, 2.75) is 60.3 Å². The van der Waals surface area contributed by atoms with Gasteiger partial charge in [-0.15, -0.1) is 0 Å². The van der Waals surface area contributed by atoms with E-state index in [9.17, 15) is 4.79 Å². The van der Waals surface area contributed by atoms with Crippen LogP contribution in [0.4, 0.5) is 0 Å². The fraction of sp³-hybridized carbons (Fsp3) is 0.588. The van der Waals surface area contributed by atoms with Gasteiger partial charge in [0.2, 0.25) is 0 Å². The molecule has 0 amide bonds. The summed E-state index contributed by atoms with van der Waals surface area (Å²) in [4.78, 5) is 11.2. The number of allylic oxidation sites excluding steroid dienone is 6. The number of hydrogen-bond donors (Lipinski definition) is 0. The Morgan fingerprint density at radius 2 is 1.89 bits per heavy atom. The first kappa shape index (κ1) is 16.9. The lowest BCUT2D eigenvalue weighted by atomic mass is 10.0. The molecule has 0 fully saturated rings. The first-order chi connectivity index (χ1) is 8.45. The van der Waals surface area contributed by atoms with Crippen LogP contribution in [-0.4, -0.2) is 5.78 Å². The average Bonchev–Trinajstić information content (AvgIpc) is 2.28. The van der Waals surface area contributed by atoms with Crippen LogP contribution in [0.1, 0.15) is 60.3 Å². The van der Waals surface area contributed by atoms with Crippen molar-refractivity contribution in [1.82, 2.24) is 0 Å². The van der Waals surface area contributed by atoms with Gasteiger partial charge < -0.3 is 0 Å². The summed E-state index contributed by atoms with van der Waals surface area (Å²) in [5, 5.41) is 0. The van der Waals surface area contributed by atoms with Crippen molar-refractivity contribution < 1.29 is 4.79 Å². The molecular weight excluding hydrogens is 220 g/mol. The summed E-state index contributed by atoms with van der Waals surface area (Å²) >= 11 is 0. The van der Waals surface area contributed by atoms with Gasteiger partial charge in [0.05, 0.1) is 0 Å². The Morgan fingerprint density at radius 3 is 2.44 bits per heavy atom. The summed E-state index contributed by atoms with van der Waals surface area (Å²) in [5.74, 6) is 0.903. The molecule has 0 spiro atoms. The minimum atomic E-state index is 0.203. The fourth-order valence-corrected chi connectivity index (χ4v) is 1.66. The quantitative estimate of drug-likeness (QED) is 0.326. The van der Waals surface area contributed by atoms with Gasteiger partial charge in [-0.05, 0) is 57.6 Å². The molecule has 0 aliphatic carbocycles. The fourth-order valence-electron chi connectivity index (χ4n) is 1.66. The Kier molecular flexibility index (Phi) is 9.26. The van der Waals surface area contributed by atoms with E-state index in [1.165, 1.54) is 18.4 Å². The lowest BCUT2D eigenvalue weighted by molar-refractivity contribution is -0.114. The molecule has 0 aliphatic heterocycles. The molecule has 1 atom stereocenters. The lowest BCUT2D eigenvalue weighted by Crippen LogP contribution is -1.92. The molecule has 0 aliphatic rings. The third-order valence-electron chi connectivity index (χ3n) is 2.87. The monoisotopic (exact) mass is 248 g/mol. The van der Waals surface area contributed by atoms with Gasteiger partial charge in [0.1, 0.15) is 0 Å². The zero-order valence-corrected chi connectivity index (χ0v) is 12.6. The van der Waals surface area contributed by atoms with Crippen molar-refractivity contribution >= 4 is 5.78 Å². The van der Waals surface area contributed by atoms with Crippen LogP contribution in [0, 0.1) is 5.92 Å². The van der Waals surface area contributed by atoms with Gasteiger partial charge in [0.25, 0.3) is 0 Å². The lowest BCUT2D eigenvalue weighted by Gasteiger charge is -2.06. The van der Waals surface area contributed by atoms with Gasteiger partial charge in [0, 0.05) is 6.42 Å². The van der Waals surface area contributed by atoms with Crippen molar-refractivity contribution in [3.63, 3.8) is 0 Å². The molecule has 1 nitrogen and oxygen atoms in total. The maximum absolute atomic E-state index is 11.2. The van der Waals surface area contributed by atoms with Crippen molar-refractivity contribution in [3.05, 3.63) is 35.5 Å².